The summed E-state index contributed by atoms with van der Waals surface area (Å²) in [6, 6.07) is 14.9. The molecule has 0 aliphatic carbocycles. The van der Waals surface area contributed by atoms with Crippen LogP contribution in [0.1, 0.15) is 36.6 Å². The Morgan fingerprint density at radius 1 is 1.07 bits per heavy atom. The van der Waals surface area contributed by atoms with Crippen LogP contribution in [0.2, 0.25) is 0 Å². The molecule has 0 unspecified atom stereocenters. The van der Waals surface area contributed by atoms with Crippen LogP contribution in [-0.4, -0.2) is 48.7 Å². The van der Waals surface area contributed by atoms with E-state index < -0.39 is 17.7 Å². The van der Waals surface area contributed by atoms with Crippen molar-refractivity contribution in [2.24, 2.45) is 0 Å². The number of aliphatic hydroxyl groups is 1. The van der Waals surface area contributed by atoms with Crippen molar-refractivity contribution >= 4 is 44.1 Å². The minimum Gasteiger partial charge on any atom is -0.507 e. The van der Waals surface area contributed by atoms with Gasteiger partial charge in [0.15, 0.2) is 16.6 Å². The molecular weight excluding hydrogens is 544 g/mol. The second kappa shape index (κ2) is 10.4. The Morgan fingerprint density at radius 2 is 1.88 bits per heavy atom. The summed E-state index contributed by atoms with van der Waals surface area (Å²) in [5, 5.41) is 11.9. The lowest BCUT2D eigenvalue weighted by Gasteiger charge is -2.23. The molecule has 2 aliphatic heterocycles. The van der Waals surface area contributed by atoms with Crippen molar-refractivity contribution in [1.29, 1.82) is 0 Å². The molecule has 41 heavy (non-hydrogen) atoms. The van der Waals surface area contributed by atoms with Gasteiger partial charge in [-0.2, -0.15) is 0 Å². The first-order chi connectivity index (χ1) is 19.8. The fourth-order valence-electron chi connectivity index (χ4n) is 5.35. The summed E-state index contributed by atoms with van der Waals surface area (Å²) in [7, 11) is 3.04. The Balaban J connectivity index is 1.53. The number of benzene rings is 3. The molecule has 6 rings (SSSR count). The number of aromatic nitrogens is 1. The lowest BCUT2D eigenvalue weighted by Crippen LogP contribution is -2.29. The van der Waals surface area contributed by atoms with E-state index in [1.165, 1.54) is 30.5 Å². The number of aliphatic hydroxyl groups excluding tert-OH is 1. The molecule has 4 aromatic rings. The number of carbonyl (C=O) groups excluding carboxylic acids is 2. The number of hydrogen-bond acceptors (Lipinski definition) is 9. The van der Waals surface area contributed by atoms with Gasteiger partial charge in [0.25, 0.3) is 5.78 Å². The van der Waals surface area contributed by atoms with Crippen LogP contribution >= 0.6 is 11.3 Å². The van der Waals surface area contributed by atoms with E-state index in [9.17, 15) is 14.7 Å². The number of anilines is 1. The number of nitrogens with zero attached hydrogens (tertiary/aromatic N) is 2. The summed E-state index contributed by atoms with van der Waals surface area (Å²) in [5.41, 5.74) is 2.53. The zero-order chi connectivity index (χ0) is 28.8. The number of hydrogen-bond donors (Lipinski definition) is 1. The minimum absolute atomic E-state index is 0.0158. The monoisotopic (exact) mass is 572 g/mol. The Labute approximate surface area is 240 Å². The van der Waals surface area contributed by atoms with E-state index in [2.05, 4.69) is 0 Å². The summed E-state index contributed by atoms with van der Waals surface area (Å²) in [5.74, 6) is 0.479. The molecule has 0 bridgehead atoms. The Hall–Kier alpha value is -4.57. The highest BCUT2D eigenvalue weighted by Crippen LogP contribution is 2.46. The molecule has 10 heteroatoms. The third-order valence-corrected chi connectivity index (χ3v) is 8.22. The van der Waals surface area contributed by atoms with Crippen molar-refractivity contribution < 1.29 is 33.6 Å². The summed E-state index contributed by atoms with van der Waals surface area (Å²) < 4.78 is 23.2. The molecule has 2 aliphatic rings. The van der Waals surface area contributed by atoms with E-state index >= 15 is 0 Å². The van der Waals surface area contributed by atoms with Crippen LogP contribution in [0.3, 0.4) is 0 Å². The normalized spacial score (nSPS) is 19.4. The molecule has 2 atom stereocenters. The third kappa shape index (κ3) is 4.54. The molecule has 0 radical (unpaired) electrons. The SMILES string of the molecule is CCOc1ccc2nc(N3C(=O)C(=O)/C(=C(/O)c4ccc5c(c4)C[C@H](C)O5)[C@@H]3c3ccc(OC)c(OC)c3)sc2c1. The Morgan fingerprint density at radius 3 is 2.63 bits per heavy atom. The number of fused-ring (bicyclic) bond motifs is 2. The van der Waals surface area contributed by atoms with Crippen molar-refractivity contribution in [2.45, 2.75) is 32.4 Å². The van der Waals surface area contributed by atoms with Gasteiger partial charge in [-0.15, -0.1) is 0 Å². The highest BCUT2D eigenvalue weighted by molar-refractivity contribution is 7.22. The Kier molecular flexibility index (Phi) is 6.78. The van der Waals surface area contributed by atoms with Gasteiger partial charge in [-0.1, -0.05) is 17.4 Å². The van der Waals surface area contributed by atoms with Crippen molar-refractivity contribution in [3.8, 4) is 23.0 Å². The lowest BCUT2D eigenvalue weighted by atomic mass is 9.94. The van der Waals surface area contributed by atoms with Gasteiger partial charge in [0.1, 0.15) is 23.4 Å². The van der Waals surface area contributed by atoms with Gasteiger partial charge in [-0.25, -0.2) is 4.98 Å². The van der Waals surface area contributed by atoms with Crippen LogP contribution in [-0.2, 0) is 16.0 Å². The average Bonchev–Trinajstić information content (AvgIpc) is 3.64. The maximum Gasteiger partial charge on any atom is 0.301 e. The molecule has 0 spiro atoms. The molecule has 1 aromatic heterocycles. The first-order valence-electron chi connectivity index (χ1n) is 13.2. The highest BCUT2D eigenvalue weighted by Gasteiger charge is 2.48. The fraction of sp³-hybridized carbons (Fsp3) is 0.258. The van der Waals surface area contributed by atoms with Crippen LogP contribution in [0, 0.1) is 0 Å². The first-order valence-corrected chi connectivity index (χ1v) is 14.0. The zero-order valence-corrected chi connectivity index (χ0v) is 23.8. The summed E-state index contributed by atoms with van der Waals surface area (Å²) in [4.78, 5) is 33.4. The summed E-state index contributed by atoms with van der Waals surface area (Å²) >= 11 is 1.27. The third-order valence-electron chi connectivity index (χ3n) is 7.20. The van der Waals surface area contributed by atoms with Gasteiger partial charge < -0.3 is 24.1 Å². The van der Waals surface area contributed by atoms with Gasteiger partial charge in [-0.05, 0) is 73.5 Å². The van der Waals surface area contributed by atoms with Gasteiger partial charge >= 0.3 is 5.91 Å². The number of methoxy groups -OCH3 is 2. The smallest absolute Gasteiger partial charge is 0.301 e. The molecule has 1 saturated heterocycles. The highest BCUT2D eigenvalue weighted by atomic mass is 32.1. The second-order valence-electron chi connectivity index (χ2n) is 9.80. The van der Waals surface area contributed by atoms with Gasteiger partial charge in [0.05, 0.1) is 42.7 Å². The maximum absolute atomic E-state index is 13.7. The van der Waals surface area contributed by atoms with Crippen molar-refractivity contribution in [3.05, 3.63) is 76.9 Å². The molecular formula is C31H28N2O7S. The molecule has 9 nitrogen and oxygen atoms in total. The van der Waals surface area contributed by atoms with Crippen molar-refractivity contribution in [1.82, 2.24) is 4.98 Å². The van der Waals surface area contributed by atoms with Gasteiger partial charge in [0, 0.05) is 12.0 Å². The van der Waals surface area contributed by atoms with E-state index in [-0.39, 0.29) is 17.4 Å². The number of rotatable bonds is 7. The predicted octanol–water partition coefficient (Wildman–Crippen LogP) is 5.66. The second-order valence-corrected chi connectivity index (χ2v) is 10.8. The summed E-state index contributed by atoms with van der Waals surface area (Å²) in [6.45, 7) is 4.38. The maximum atomic E-state index is 13.7. The van der Waals surface area contributed by atoms with Crippen LogP contribution in [0.25, 0.3) is 16.0 Å². The zero-order valence-electron chi connectivity index (χ0n) is 23.0. The summed E-state index contributed by atoms with van der Waals surface area (Å²) in [6.07, 6.45) is 0.696. The van der Waals surface area contributed by atoms with E-state index in [1.807, 2.05) is 32.0 Å². The number of carbonyl (C=O) groups is 2. The molecule has 3 aromatic carbocycles. The van der Waals surface area contributed by atoms with E-state index in [0.29, 0.717) is 52.1 Å². The molecule has 1 amide bonds. The fourth-order valence-corrected chi connectivity index (χ4v) is 6.37. The number of ether oxygens (including phenoxy) is 4. The molecule has 0 saturated carbocycles. The molecule has 3 heterocycles. The number of thiazole rings is 1. The van der Waals surface area contributed by atoms with Gasteiger partial charge in [0.2, 0.25) is 0 Å². The molecule has 1 fully saturated rings. The van der Waals surface area contributed by atoms with E-state index in [0.717, 1.165) is 16.0 Å². The number of amides is 1. The quantitative estimate of drug-likeness (QED) is 0.172. The lowest BCUT2D eigenvalue weighted by molar-refractivity contribution is -0.132. The number of Topliss-reactive ketones (excluding diaryl/α,β-unsaturated/α-hetero) is 1. The predicted molar refractivity (Wildman–Crippen MR) is 155 cm³/mol. The average molecular weight is 573 g/mol. The van der Waals surface area contributed by atoms with E-state index in [1.54, 1.807) is 36.4 Å². The topological polar surface area (TPSA) is 107 Å². The van der Waals surface area contributed by atoms with Crippen LogP contribution < -0.4 is 23.8 Å². The first kappa shape index (κ1) is 26.6. The van der Waals surface area contributed by atoms with Crippen LogP contribution in [0.4, 0.5) is 5.13 Å². The van der Waals surface area contributed by atoms with Gasteiger partial charge in [-0.3, -0.25) is 14.5 Å². The largest absolute Gasteiger partial charge is 0.507 e. The number of ketones is 1. The Bertz CT molecular complexity index is 1730. The minimum atomic E-state index is -0.967. The standard InChI is InChI=1S/C31H28N2O7S/c1-5-39-20-8-9-21-25(15-20)41-31(32-21)33-27(17-6-11-23(37-3)24(14-17)38-4)26(29(35)30(33)36)28(34)18-7-10-22-19(13-18)12-16(2)40-22/h6-11,13-16,27,34H,5,12H2,1-4H3/b28-26+/t16-,27-/m0/s1. The van der Waals surface area contributed by atoms with Crippen molar-refractivity contribution in [2.75, 3.05) is 25.7 Å². The van der Waals surface area contributed by atoms with Crippen LogP contribution in [0.5, 0.6) is 23.0 Å². The van der Waals surface area contributed by atoms with Crippen LogP contribution in [0.15, 0.2) is 60.2 Å². The molecule has 1 N–H and O–H groups in total. The molecule has 210 valence electrons. The van der Waals surface area contributed by atoms with E-state index in [4.69, 9.17) is 23.9 Å². The van der Waals surface area contributed by atoms with Crippen molar-refractivity contribution in [3.63, 3.8) is 0 Å².